The summed E-state index contributed by atoms with van der Waals surface area (Å²) in [6.07, 6.45) is 2.48. The Labute approximate surface area is 63.8 Å². The van der Waals surface area contributed by atoms with Crippen molar-refractivity contribution in [1.82, 2.24) is 0 Å². The predicted octanol–water partition coefficient (Wildman–Crippen LogP) is 2.61. The first kappa shape index (κ1) is 9.67. The molecule has 0 saturated heterocycles. The van der Waals surface area contributed by atoms with Gasteiger partial charge in [-0.1, -0.05) is 34.1 Å². The molecule has 10 heavy (non-hydrogen) atoms. The summed E-state index contributed by atoms with van der Waals surface area (Å²) in [5.74, 6) is 0.344. The van der Waals surface area contributed by atoms with E-state index in [1.807, 2.05) is 20.8 Å². The van der Waals surface area contributed by atoms with Crippen LogP contribution in [-0.4, -0.2) is 5.78 Å². The van der Waals surface area contributed by atoms with Gasteiger partial charge < -0.3 is 0 Å². The lowest BCUT2D eigenvalue weighted by atomic mass is 9.88. The molecule has 0 aromatic heterocycles. The maximum atomic E-state index is 11.2. The highest BCUT2D eigenvalue weighted by atomic mass is 16.1. The Balaban J connectivity index is 3.64. The van der Waals surface area contributed by atoms with Crippen LogP contribution in [0.1, 0.15) is 40.0 Å². The van der Waals surface area contributed by atoms with Crippen molar-refractivity contribution in [2.75, 3.05) is 0 Å². The fourth-order valence-corrected chi connectivity index (χ4v) is 0.661. The number of carbonyl (C=O) groups is 1. The van der Waals surface area contributed by atoms with Crippen molar-refractivity contribution in [2.45, 2.75) is 40.0 Å². The topological polar surface area (TPSA) is 17.1 Å². The molecule has 0 heterocycles. The van der Waals surface area contributed by atoms with E-state index in [0.717, 1.165) is 12.8 Å². The smallest absolute Gasteiger partial charge is 0.138 e. The lowest BCUT2D eigenvalue weighted by Crippen LogP contribution is -2.19. The van der Waals surface area contributed by atoms with Gasteiger partial charge in [-0.3, -0.25) is 4.79 Å². The zero-order chi connectivity index (χ0) is 8.20. The minimum absolute atomic E-state index is 0.158. The third-order valence-electron chi connectivity index (χ3n) is 1.49. The molecule has 0 spiro atoms. The van der Waals surface area contributed by atoms with E-state index < -0.39 is 0 Å². The summed E-state index contributed by atoms with van der Waals surface area (Å²) in [4.78, 5) is 11.2. The molecule has 59 valence electrons. The zero-order valence-electron chi connectivity index (χ0n) is 7.24. The first-order chi connectivity index (χ1) is 4.48. The van der Waals surface area contributed by atoms with Gasteiger partial charge in [-0.05, 0) is 6.42 Å². The number of unbranched alkanes of at least 4 members (excludes halogenated alkanes) is 1. The Morgan fingerprint density at radius 1 is 1.40 bits per heavy atom. The van der Waals surface area contributed by atoms with Crippen LogP contribution >= 0.6 is 0 Å². The first-order valence-corrected chi connectivity index (χ1v) is 3.81. The van der Waals surface area contributed by atoms with E-state index in [4.69, 9.17) is 0 Å². The van der Waals surface area contributed by atoms with Crippen LogP contribution in [0.25, 0.3) is 0 Å². The highest BCUT2D eigenvalue weighted by molar-refractivity contribution is 5.83. The predicted molar refractivity (Wildman–Crippen MR) is 43.7 cm³/mol. The van der Waals surface area contributed by atoms with E-state index in [1.165, 1.54) is 0 Å². The van der Waals surface area contributed by atoms with E-state index >= 15 is 0 Å². The summed E-state index contributed by atoms with van der Waals surface area (Å²) in [6.45, 7) is 9.56. The molecule has 0 atom stereocenters. The van der Waals surface area contributed by atoms with Crippen LogP contribution in [0.2, 0.25) is 0 Å². The Bertz CT molecular complexity index is 108. The standard InChI is InChI=1S/C9H17O/c1-5-6-7-8(10)9(2,3)4/h1,5-7H2,2-4H3. The zero-order valence-corrected chi connectivity index (χ0v) is 7.24. The number of rotatable bonds is 3. The Hall–Kier alpha value is -0.330. The van der Waals surface area contributed by atoms with Gasteiger partial charge >= 0.3 is 0 Å². The lowest BCUT2D eigenvalue weighted by Gasteiger charge is -2.15. The molecule has 1 radical (unpaired) electrons. The van der Waals surface area contributed by atoms with Gasteiger partial charge in [-0.15, -0.1) is 0 Å². The summed E-state index contributed by atoms with van der Waals surface area (Å²) in [6, 6.07) is 0. The summed E-state index contributed by atoms with van der Waals surface area (Å²) < 4.78 is 0. The molecular formula is C9H17O. The Morgan fingerprint density at radius 2 is 1.90 bits per heavy atom. The largest absolute Gasteiger partial charge is 0.299 e. The number of hydrogen-bond donors (Lipinski definition) is 0. The molecule has 0 rings (SSSR count). The van der Waals surface area contributed by atoms with Crippen LogP contribution in [0.3, 0.4) is 0 Å². The third-order valence-corrected chi connectivity index (χ3v) is 1.49. The normalized spacial score (nSPS) is 11.6. The van der Waals surface area contributed by atoms with Gasteiger partial charge in [-0.2, -0.15) is 0 Å². The molecule has 0 N–H and O–H groups in total. The molecule has 1 nitrogen and oxygen atoms in total. The van der Waals surface area contributed by atoms with E-state index in [1.54, 1.807) is 0 Å². The Morgan fingerprint density at radius 3 is 2.20 bits per heavy atom. The minimum Gasteiger partial charge on any atom is -0.299 e. The average molecular weight is 141 g/mol. The fourth-order valence-electron chi connectivity index (χ4n) is 0.661. The summed E-state index contributed by atoms with van der Waals surface area (Å²) in [5, 5.41) is 0. The first-order valence-electron chi connectivity index (χ1n) is 3.81. The SMILES string of the molecule is [CH2]CCCC(=O)C(C)(C)C. The van der Waals surface area contributed by atoms with Crippen molar-refractivity contribution >= 4 is 5.78 Å². The van der Waals surface area contributed by atoms with Gasteiger partial charge in [0.2, 0.25) is 0 Å². The summed E-state index contributed by atoms with van der Waals surface area (Å²) in [5.41, 5.74) is -0.158. The Kier molecular flexibility index (Phi) is 3.62. The number of carbonyl (C=O) groups excluding carboxylic acids is 1. The van der Waals surface area contributed by atoms with Crippen LogP contribution in [0, 0.1) is 12.3 Å². The van der Waals surface area contributed by atoms with Gasteiger partial charge in [0.05, 0.1) is 0 Å². The quantitative estimate of drug-likeness (QED) is 0.590. The molecule has 0 aliphatic heterocycles. The van der Waals surface area contributed by atoms with Crippen LogP contribution in [0.15, 0.2) is 0 Å². The van der Waals surface area contributed by atoms with Crippen LogP contribution in [0.5, 0.6) is 0 Å². The van der Waals surface area contributed by atoms with Crippen LogP contribution in [-0.2, 0) is 4.79 Å². The molecule has 0 bridgehead atoms. The van der Waals surface area contributed by atoms with Gasteiger partial charge in [0.1, 0.15) is 5.78 Å². The highest BCUT2D eigenvalue weighted by Crippen LogP contribution is 2.17. The summed E-state index contributed by atoms with van der Waals surface area (Å²) >= 11 is 0. The number of ketones is 1. The fraction of sp³-hybridized carbons (Fsp3) is 0.778. The van der Waals surface area contributed by atoms with Crippen LogP contribution < -0.4 is 0 Å². The highest BCUT2D eigenvalue weighted by Gasteiger charge is 2.19. The van der Waals surface area contributed by atoms with Gasteiger partial charge in [-0.25, -0.2) is 0 Å². The number of Topliss-reactive ketones (excluding diaryl/α,β-unsaturated/α-hetero) is 1. The third kappa shape index (κ3) is 3.65. The molecule has 0 fully saturated rings. The molecule has 0 aromatic carbocycles. The summed E-state index contributed by atoms with van der Waals surface area (Å²) in [7, 11) is 0. The maximum absolute atomic E-state index is 11.2. The second-order valence-electron chi connectivity index (χ2n) is 3.63. The molecule has 1 heteroatoms. The second kappa shape index (κ2) is 3.75. The lowest BCUT2D eigenvalue weighted by molar-refractivity contribution is -0.126. The van der Waals surface area contributed by atoms with Crippen molar-refractivity contribution in [3.63, 3.8) is 0 Å². The maximum Gasteiger partial charge on any atom is 0.138 e. The van der Waals surface area contributed by atoms with E-state index in [2.05, 4.69) is 6.92 Å². The monoisotopic (exact) mass is 141 g/mol. The molecule has 0 saturated carbocycles. The molecule has 0 aromatic rings. The number of hydrogen-bond acceptors (Lipinski definition) is 1. The van der Waals surface area contributed by atoms with Gasteiger partial charge in [0.25, 0.3) is 0 Å². The van der Waals surface area contributed by atoms with Crippen LogP contribution in [0.4, 0.5) is 0 Å². The molecule has 0 amide bonds. The average Bonchev–Trinajstić information content (AvgIpc) is 1.80. The van der Waals surface area contributed by atoms with Crippen molar-refractivity contribution < 1.29 is 4.79 Å². The van der Waals surface area contributed by atoms with Gasteiger partial charge in [0.15, 0.2) is 0 Å². The minimum atomic E-state index is -0.158. The van der Waals surface area contributed by atoms with Gasteiger partial charge in [0, 0.05) is 11.8 Å². The molecule has 0 aliphatic carbocycles. The van der Waals surface area contributed by atoms with Crippen molar-refractivity contribution in [1.29, 1.82) is 0 Å². The van der Waals surface area contributed by atoms with E-state index in [9.17, 15) is 4.79 Å². The van der Waals surface area contributed by atoms with E-state index in [0.29, 0.717) is 12.2 Å². The van der Waals surface area contributed by atoms with Crippen molar-refractivity contribution in [3.8, 4) is 0 Å². The van der Waals surface area contributed by atoms with E-state index in [-0.39, 0.29) is 5.41 Å². The molecular weight excluding hydrogens is 124 g/mol. The molecule has 0 aliphatic rings. The molecule has 0 unspecified atom stereocenters. The van der Waals surface area contributed by atoms with Crippen molar-refractivity contribution in [2.24, 2.45) is 5.41 Å². The second-order valence-corrected chi connectivity index (χ2v) is 3.63. The van der Waals surface area contributed by atoms with Crippen molar-refractivity contribution in [3.05, 3.63) is 6.92 Å².